The van der Waals surface area contributed by atoms with Gasteiger partial charge in [-0.25, -0.2) is 4.98 Å². The molecule has 1 aromatic carbocycles. The van der Waals surface area contributed by atoms with Crippen molar-refractivity contribution in [2.75, 3.05) is 7.05 Å². The van der Waals surface area contributed by atoms with E-state index in [2.05, 4.69) is 42.7 Å². The average molecular weight is 286 g/mol. The van der Waals surface area contributed by atoms with Gasteiger partial charge in [-0.05, 0) is 51.3 Å². The van der Waals surface area contributed by atoms with Gasteiger partial charge in [0.15, 0.2) is 0 Å². The molecule has 0 saturated heterocycles. The molecule has 0 bridgehead atoms. The van der Waals surface area contributed by atoms with Crippen LogP contribution in [0.3, 0.4) is 0 Å². The summed E-state index contributed by atoms with van der Waals surface area (Å²) in [5.41, 5.74) is 2.77. The number of likely N-dealkylation sites (N-methyl/N-ethyl adjacent to an activating group) is 1. The fourth-order valence-corrected chi connectivity index (χ4v) is 3.95. The molecule has 0 fully saturated rings. The molecule has 1 N–H and O–H groups in total. The molecule has 1 heterocycles. The zero-order valence-corrected chi connectivity index (χ0v) is 12.9. The fourth-order valence-electron chi connectivity index (χ4n) is 2.90. The standard InChI is InChI=1S/C17H22N2S/c1-18-14(11-13-7-3-2-4-8-13)12-17-19-15-9-5-6-10-16(15)20-17/h5-7,9-10,14,18H,2-4,8,11-12H2,1H3. The lowest BCUT2D eigenvalue weighted by molar-refractivity contribution is 0.532. The van der Waals surface area contributed by atoms with Gasteiger partial charge in [0.05, 0.1) is 15.2 Å². The zero-order chi connectivity index (χ0) is 13.8. The van der Waals surface area contributed by atoms with E-state index in [9.17, 15) is 0 Å². The minimum absolute atomic E-state index is 0.514. The number of thiazole rings is 1. The van der Waals surface area contributed by atoms with Crippen molar-refractivity contribution < 1.29 is 0 Å². The van der Waals surface area contributed by atoms with Crippen molar-refractivity contribution in [3.63, 3.8) is 0 Å². The van der Waals surface area contributed by atoms with Gasteiger partial charge in [0.25, 0.3) is 0 Å². The second-order valence-corrected chi connectivity index (χ2v) is 6.69. The maximum Gasteiger partial charge on any atom is 0.0954 e. The topological polar surface area (TPSA) is 24.9 Å². The minimum Gasteiger partial charge on any atom is -0.316 e. The predicted molar refractivity (Wildman–Crippen MR) is 87.3 cm³/mol. The van der Waals surface area contributed by atoms with Crippen molar-refractivity contribution in [3.05, 3.63) is 40.9 Å². The number of nitrogens with one attached hydrogen (secondary N) is 1. The summed E-state index contributed by atoms with van der Waals surface area (Å²) in [6, 6.07) is 8.93. The summed E-state index contributed by atoms with van der Waals surface area (Å²) in [5, 5.41) is 4.72. The van der Waals surface area contributed by atoms with Crippen LogP contribution in [0, 0.1) is 0 Å². The normalized spacial score (nSPS) is 17.1. The molecule has 0 radical (unpaired) electrons. The van der Waals surface area contributed by atoms with Gasteiger partial charge < -0.3 is 5.32 Å². The lowest BCUT2D eigenvalue weighted by Crippen LogP contribution is -2.28. The maximum absolute atomic E-state index is 4.75. The van der Waals surface area contributed by atoms with Gasteiger partial charge in [-0.15, -0.1) is 11.3 Å². The number of fused-ring (bicyclic) bond motifs is 1. The minimum atomic E-state index is 0.514. The lowest BCUT2D eigenvalue weighted by Gasteiger charge is -2.19. The number of nitrogens with zero attached hydrogens (tertiary/aromatic N) is 1. The molecular formula is C17H22N2S. The van der Waals surface area contributed by atoms with Gasteiger partial charge in [0, 0.05) is 12.5 Å². The molecule has 0 amide bonds. The molecule has 1 atom stereocenters. The molecule has 1 unspecified atom stereocenters. The number of allylic oxidation sites excluding steroid dienone is 1. The van der Waals surface area contributed by atoms with E-state index < -0.39 is 0 Å². The van der Waals surface area contributed by atoms with Gasteiger partial charge in [0.1, 0.15) is 0 Å². The predicted octanol–water partition coefficient (Wildman–Crippen LogP) is 4.32. The van der Waals surface area contributed by atoms with Crippen LogP contribution in [0.15, 0.2) is 35.9 Å². The monoisotopic (exact) mass is 286 g/mol. The maximum atomic E-state index is 4.75. The quantitative estimate of drug-likeness (QED) is 0.828. The van der Waals surface area contributed by atoms with Crippen LogP contribution in [-0.2, 0) is 6.42 Å². The summed E-state index contributed by atoms with van der Waals surface area (Å²) >= 11 is 1.83. The van der Waals surface area contributed by atoms with Crippen LogP contribution < -0.4 is 5.32 Å². The Balaban J connectivity index is 1.69. The summed E-state index contributed by atoms with van der Waals surface area (Å²) in [7, 11) is 2.07. The SMILES string of the molecule is CNC(CC1=CCCCC1)Cc1nc2ccccc2s1. The summed E-state index contributed by atoms with van der Waals surface area (Å²) in [4.78, 5) is 4.75. The van der Waals surface area contributed by atoms with Crippen LogP contribution in [0.5, 0.6) is 0 Å². The Bertz CT molecular complexity index is 567. The number of para-hydroxylation sites is 1. The van der Waals surface area contributed by atoms with Gasteiger partial charge in [-0.3, -0.25) is 0 Å². The molecule has 2 nitrogen and oxygen atoms in total. The highest BCUT2D eigenvalue weighted by Gasteiger charge is 2.14. The van der Waals surface area contributed by atoms with Crippen molar-refractivity contribution in [1.82, 2.24) is 10.3 Å². The molecule has 20 heavy (non-hydrogen) atoms. The second kappa shape index (κ2) is 6.51. The molecule has 2 aromatic rings. The van der Waals surface area contributed by atoms with Crippen LogP contribution in [0.2, 0.25) is 0 Å². The van der Waals surface area contributed by atoms with Crippen molar-refractivity contribution in [2.45, 2.75) is 44.6 Å². The van der Waals surface area contributed by atoms with Crippen molar-refractivity contribution >= 4 is 21.6 Å². The van der Waals surface area contributed by atoms with Crippen LogP contribution in [-0.4, -0.2) is 18.1 Å². The van der Waals surface area contributed by atoms with Crippen LogP contribution in [0.25, 0.3) is 10.2 Å². The molecular weight excluding hydrogens is 264 g/mol. The number of hydrogen-bond donors (Lipinski definition) is 1. The van der Waals surface area contributed by atoms with E-state index in [0.717, 1.165) is 11.9 Å². The average Bonchev–Trinajstić information content (AvgIpc) is 2.90. The van der Waals surface area contributed by atoms with E-state index in [1.807, 2.05) is 11.3 Å². The molecule has 1 aliphatic carbocycles. The van der Waals surface area contributed by atoms with Gasteiger partial charge in [0.2, 0.25) is 0 Å². The smallest absolute Gasteiger partial charge is 0.0954 e. The Hall–Kier alpha value is -1.19. The Morgan fingerprint density at radius 1 is 1.25 bits per heavy atom. The summed E-state index contributed by atoms with van der Waals surface area (Å²) in [6.07, 6.45) is 9.95. The zero-order valence-electron chi connectivity index (χ0n) is 12.1. The first-order valence-electron chi connectivity index (χ1n) is 7.55. The van der Waals surface area contributed by atoms with Crippen LogP contribution in [0.4, 0.5) is 0 Å². The number of hydrogen-bond acceptors (Lipinski definition) is 3. The van der Waals surface area contributed by atoms with E-state index in [-0.39, 0.29) is 0 Å². The van der Waals surface area contributed by atoms with E-state index in [4.69, 9.17) is 4.98 Å². The summed E-state index contributed by atoms with van der Waals surface area (Å²) < 4.78 is 1.30. The van der Waals surface area contributed by atoms with E-state index in [0.29, 0.717) is 6.04 Å². The van der Waals surface area contributed by atoms with Crippen molar-refractivity contribution in [3.8, 4) is 0 Å². The van der Waals surface area contributed by atoms with E-state index >= 15 is 0 Å². The first-order chi connectivity index (χ1) is 9.85. The first kappa shape index (κ1) is 13.8. The number of aromatic nitrogens is 1. The van der Waals surface area contributed by atoms with Gasteiger partial charge >= 0.3 is 0 Å². The van der Waals surface area contributed by atoms with Crippen molar-refractivity contribution in [1.29, 1.82) is 0 Å². The van der Waals surface area contributed by atoms with Gasteiger partial charge in [-0.1, -0.05) is 23.8 Å². The molecule has 3 heteroatoms. The second-order valence-electron chi connectivity index (χ2n) is 5.58. The third-order valence-electron chi connectivity index (χ3n) is 4.06. The molecule has 106 valence electrons. The molecule has 1 aliphatic rings. The Morgan fingerprint density at radius 3 is 2.90 bits per heavy atom. The fraction of sp³-hybridized carbons (Fsp3) is 0.471. The molecule has 1 aromatic heterocycles. The Morgan fingerprint density at radius 2 is 2.15 bits per heavy atom. The highest BCUT2D eigenvalue weighted by molar-refractivity contribution is 7.18. The summed E-state index contributed by atoms with van der Waals surface area (Å²) in [5.74, 6) is 0. The van der Waals surface area contributed by atoms with E-state index in [1.54, 1.807) is 5.57 Å². The molecule has 3 rings (SSSR count). The van der Waals surface area contributed by atoms with Gasteiger partial charge in [-0.2, -0.15) is 0 Å². The first-order valence-corrected chi connectivity index (χ1v) is 8.36. The number of rotatable bonds is 5. The Labute approximate surface area is 124 Å². The third kappa shape index (κ3) is 3.28. The van der Waals surface area contributed by atoms with Crippen LogP contribution >= 0.6 is 11.3 Å². The largest absolute Gasteiger partial charge is 0.316 e. The molecule has 0 aliphatic heterocycles. The molecule has 0 spiro atoms. The van der Waals surface area contributed by atoms with E-state index in [1.165, 1.54) is 41.8 Å². The van der Waals surface area contributed by atoms with Crippen LogP contribution in [0.1, 0.15) is 37.1 Å². The highest BCUT2D eigenvalue weighted by atomic mass is 32.1. The highest BCUT2D eigenvalue weighted by Crippen LogP contribution is 2.25. The lowest BCUT2D eigenvalue weighted by atomic mass is 9.93. The Kier molecular flexibility index (Phi) is 4.48. The third-order valence-corrected chi connectivity index (χ3v) is 5.12. The van der Waals surface area contributed by atoms with Crippen molar-refractivity contribution in [2.24, 2.45) is 0 Å². The summed E-state index contributed by atoms with van der Waals surface area (Å²) in [6.45, 7) is 0. The number of benzene rings is 1. The molecule has 0 saturated carbocycles.